The van der Waals surface area contributed by atoms with Crippen molar-refractivity contribution in [2.45, 2.75) is 17.7 Å². The number of benzene rings is 1. The molecule has 104 valence electrons. The fourth-order valence-corrected chi connectivity index (χ4v) is 2.39. The van der Waals surface area contributed by atoms with Gasteiger partial charge in [0.1, 0.15) is 12.4 Å². The van der Waals surface area contributed by atoms with Crippen LogP contribution in [0, 0.1) is 0 Å². The van der Waals surface area contributed by atoms with Crippen molar-refractivity contribution in [3.8, 4) is 5.75 Å². The van der Waals surface area contributed by atoms with Gasteiger partial charge in [-0.2, -0.15) is 0 Å². The number of hydrogen-bond donors (Lipinski definition) is 0. The zero-order valence-electron chi connectivity index (χ0n) is 10.6. The lowest BCUT2D eigenvalue weighted by molar-refractivity contribution is 0.101. The molecule has 0 aromatic heterocycles. The van der Waals surface area contributed by atoms with E-state index in [1.165, 1.54) is 25.9 Å². The largest absolute Gasteiger partial charge is 0.492 e. The predicted octanol–water partition coefficient (Wildman–Crippen LogP) is 3.15. The maximum Gasteiger partial charge on any atom is 0.195 e. The smallest absolute Gasteiger partial charge is 0.195 e. The number of Topliss-reactive ketones (excluding diaryl/α,β-unsaturated/α-hetero) is 1. The molecular weight excluding hydrogens is 285 g/mol. The molecular formula is C14H17Cl2NO2. The third-order valence-corrected chi connectivity index (χ3v) is 3.61. The topological polar surface area (TPSA) is 29.5 Å². The van der Waals surface area contributed by atoms with Crippen molar-refractivity contribution in [1.29, 1.82) is 0 Å². The maximum atomic E-state index is 11.5. The molecule has 0 N–H and O–H groups in total. The Labute approximate surface area is 123 Å². The highest BCUT2D eigenvalue weighted by Crippen LogP contribution is 2.16. The van der Waals surface area contributed by atoms with E-state index in [9.17, 15) is 4.79 Å². The van der Waals surface area contributed by atoms with Gasteiger partial charge in [-0.1, -0.05) is 23.2 Å². The van der Waals surface area contributed by atoms with Crippen molar-refractivity contribution >= 4 is 29.0 Å². The first-order chi connectivity index (χ1) is 9.16. The Morgan fingerprint density at radius 3 is 2.42 bits per heavy atom. The fraction of sp³-hybridized carbons (Fsp3) is 0.500. The monoisotopic (exact) mass is 301 g/mol. The standard InChI is InChI=1S/C14H17Cl2NO2/c15-14(16)13(18)11-3-5-12(6-4-11)19-10-9-17-7-1-2-8-17/h3-6,14H,1-2,7-10H2. The average Bonchev–Trinajstić information content (AvgIpc) is 2.92. The van der Waals surface area contributed by atoms with Gasteiger partial charge in [0, 0.05) is 12.1 Å². The Bertz CT molecular complexity index is 414. The minimum Gasteiger partial charge on any atom is -0.492 e. The molecule has 0 unspecified atom stereocenters. The zero-order valence-corrected chi connectivity index (χ0v) is 12.2. The highest BCUT2D eigenvalue weighted by atomic mass is 35.5. The van der Waals surface area contributed by atoms with E-state index in [1.807, 2.05) is 0 Å². The van der Waals surface area contributed by atoms with Gasteiger partial charge in [0.25, 0.3) is 0 Å². The Kier molecular flexibility index (Phi) is 5.49. The first-order valence-electron chi connectivity index (χ1n) is 6.44. The third kappa shape index (κ3) is 4.37. The summed E-state index contributed by atoms with van der Waals surface area (Å²) in [6.07, 6.45) is 2.57. The Morgan fingerprint density at radius 2 is 1.84 bits per heavy atom. The zero-order chi connectivity index (χ0) is 13.7. The van der Waals surface area contributed by atoms with Gasteiger partial charge in [-0.05, 0) is 50.2 Å². The van der Waals surface area contributed by atoms with Crippen molar-refractivity contribution < 1.29 is 9.53 Å². The van der Waals surface area contributed by atoms with Gasteiger partial charge in [-0.3, -0.25) is 9.69 Å². The first kappa shape index (κ1) is 14.6. The average molecular weight is 302 g/mol. The number of hydrogen-bond acceptors (Lipinski definition) is 3. The summed E-state index contributed by atoms with van der Waals surface area (Å²) in [5.41, 5.74) is 0.502. The lowest BCUT2D eigenvalue weighted by atomic mass is 10.1. The van der Waals surface area contributed by atoms with E-state index in [2.05, 4.69) is 4.90 Å². The van der Waals surface area contributed by atoms with E-state index in [1.54, 1.807) is 24.3 Å². The molecule has 2 rings (SSSR count). The van der Waals surface area contributed by atoms with Crippen LogP contribution in [0.25, 0.3) is 0 Å². The summed E-state index contributed by atoms with van der Waals surface area (Å²) < 4.78 is 5.64. The molecule has 1 aliphatic rings. The van der Waals surface area contributed by atoms with Crippen molar-refractivity contribution in [2.75, 3.05) is 26.2 Å². The Balaban J connectivity index is 1.79. The molecule has 19 heavy (non-hydrogen) atoms. The van der Waals surface area contributed by atoms with Crippen molar-refractivity contribution in [1.82, 2.24) is 4.90 Å². The fourth-order valence-electron chi connectivity index (χ4n) is 2.14. The summed E-state index contributed by atoms with van der Waals surface area (Å²) in [5, 5.41) is 0. The molecule has 0 spiro atoms. The summed E-state index contributed by atoms with van der Waals surface area (Å²) in [6.45, 7) is 3.96. The van der Waals surface area contributed by atoms with Gasteiger partial charge in [0.2, 0.25) is 0 Å². The van der Waals surface area contributed by atoms with Crippen LogP contribution in [0.4, 0.5) is 0 Å². The minimum atomic E-state index is -1.01. The van der Waals surface area contributed by atoms with Gasteiger partial charge in [0.05, 0.1) is 0 Å². The van der Waals surface area contributed by atoms with Crippen molar-refractivity contribution in [3.63, 3.8) is 0 Å². The SMILES string of the molecule is O=C(c1ccc(OCCN2CCCC2)cc1)C(Cl)Cl. The number of likely N-dealkylation sites (tertiary alicyclic amines) is 1. The number of ketones is 1. The van der Waals surface area contributed by atoms with Gasteiger partial charge in [0.15, 0.2) is 10.6 Å². The Morgan fingerprint density at radius 1 is 1.21 bits per heavy atom. The lowest BCUT2D eigenvalue weighted by Gasteiger charge is -2.15. The molecule has 0 aliphatic carbocycles. The summed E-state index contributed by atoms with van der Waals surface area (Å²) in [7, 11) is 0. The molecule has 1 saturated heterocycles. The Hall–Kier alpha value is -0.770. The number of halogens is 2. The molecule has 5 heteroatoms. The summed E-state index contributed by atoms with van der Waals surface area (Å²) in [4.78, 5) is 12.9. The first-order valence-corrected chi connectivity index (χ1v) is 7.31. The van der Waals surface area contributed by atoms with Gasteiger partial charge < -0.3 is 4.74 Å². The predicted molar refractivity (Wildman–Crippen MR) is 77.4 cm³/mol. The van der Waals surface area contributed by atoms with Crippen LogP contribution in [0.15, 0.2) is 24.3 Å². The molecule has 1 aliphatic heterocycles. The second-order valence-electron chi connectivity index (χ2n) is 4.59. The third-order valence-electron chi connectivity index (χ3n) is 3.21. The van der Waals surface area contributed by atoms with E-state index in [0.717, 1.165) is 12.3 Å². The van der Waals surface area contributed by atoms with E-state index < -0.39 is 4.84 Å². The molecule has 1 aromatic rings. The quantitative estimate of drug-likeness (QED) is 0.597. The molecule has 1 fully saturated rings. The summed E-state index contributed by atoms with van der Waals surface area (Å²) in [6, 6.07) is 6.91. The highest BCUT2D eigenvalue weighted by molar-refractivity contribution is 6.55. The second kappa shape index (κ2) is 7.13. The highest BCUT2D eigenvalue weighted by Gasteiger charge is 2.14. The molecule has 0 saturated carbocycles. The molecule has 0 radical (unpaired) electrons. The van der Waals surface area contributed by atoms with Gasteiger partial charge >= 0.3 is 0 Å². The van der Waals surface area contributed by atoms with Crippen LogP contribution in [-0.2, 0) is 0 Å². The van der Waals surface area contributed by atoms with Gasteiger partial charge in [-0.15, -0.1) is 0 Å². The number of carbonyl (C=O) groups is 1. The number of rotatable bonds is 6. The van der Waals surface area contributed by atoms with E-state index in [4.69, 9.17) is 27.9 Å². The lowest BCUT2D eigenvalue weighted by Crippen LogP contribution is -2.25. The molecule has 1 aromatic carbocycles. The molecule has 0 amide bonds. The molecule has 0 atom stereocenters. The van der Waals surface area contributed by atoms with E-state index in [-0.39, 0.29) is 5.78 Å². The van der Waals surface area contributed by atoms with E-state index in [0.29, 0.717) is 12.2 Å². The second-order valence-corrected chi connectivity index (χ2v) is 5.68. The maximum absolute atomic E-state index is 11.5. The van der Waals surface area contributed by atoms with Crippen LogP contribution < -0.4 is 4.74 Å². The van der Waals surface area contributed by atoms with Crippen LogP contribution in [0.1, 0.15) is 23.2 Å². The summed E-state index contributed by atoms with van der Waals surface area (Å²) in [5.74, 6) is 0.475. The minimum absolute atomic E-state index is 0.285. The number of nitrogens with zero attached hydrogens (tertiary/aromatic N) is 1. The number of carbonyl (C=O) groups excluding carboxylic acids is 1. The van der Waals surface area contributed by atoms with Crippen molar-refractivity contribution in [2.24, 2.45) is 0 Å². The molecule has 0 bridgehead atoms. The van der Waals surface area contributed by atoms with Crippen LogP contribution in [0.3, 0.4) is 0 Å². The van der Waals surface area contributed by atoms with Crippen LogP contribution in [0.2, 0.25) is 0 Å². The summed E-state index contributed by atoms with van der Waals surface area (Å²) >= 11 is 11.1. The van der Waals surface area contributed by atoms with Crippen LogP contribution in [0.5, 0.6) is 5.75 Å². The molecule has 3 nitrogen and oxygen atoms in total. The van der Waals surface area contributed by atoms with Crippen LogP contribution in [-0.4, -0.2) is 41.8 Å². The normalized spacial score (nSPS) is 15.9. The molecule has 1 heterocycles. The number of ether oxygens (including phenoxy) is 1. The number of alkyl halides is 2. The van der Waals surface area contributed by atoms with Crippen molar-refractivity contribution in [3.05, 3.63) is 29.8 Å². The van der Waals surface area contributed by atoms with E-state index >= 15 is 0 Å². The van der Waals surface area contributed by atoms with Gasteiger partial charge in [-0.25, -0.2) is 0 Å². The van der Waals surface area contributed by atoms with Crippen LogP contribution >= 0.6 is 23.2 Å².